The molecule has 0 spiro atoms. The van der Waals surface area contributed by atoms with Crippen LogP contribution in [-0.4, -0.2) is 36.1 Å². The molecule has 0 bridgehead atoms. The van der Waals surface area contributed by atoms with Crippen LogP contribution in [0.2, 0.25) is 0 Å². The molecule has 0 atom stereocenters. The minimum Gasteiger partial charge on any atom is -0.385 e. The van der Waals surface area contributed by atoms with Gasteiger partial charge in [-0.05, 0) is 20.3 Å². The summed E-state index contributed by atoms with van der Waals surface area (Å²) in [5.41, 5.74) is 1.24. The van der Waals surface area contributed by atoms with Crippen molar-refractivity contribution in [2.45, 2.75) is 20.3 Å². The third-order valence-corrected chi connectivity index (χ3v) is 2.16. The fourth-order valence-corrected chi connectivity index (χ4v) is 1.32. The van der Waals surface area contributed by atoms with Gasteiger partial charge in [0.05, 0.1) is 11.3 Å². The zero-order valence-electron chi connectivity index (χ0n) is 9.91. The number of methoxy groups -OCH3 is 1. The predicted octanol–water partition coefficient (Wildman–Crippen LogP) is 0.860. The van der Waals surface area contributed by atoms with Gasteiger partial charge in [0.2, 0.25) is 0 Å². The molecule has 1 aromatic rings. The molecule has 0 unspecified atom stereocenters. The van der Waals surface area contributed by atoms with Crippen LogP contribution in [0.5, 0.6) is 0 Å². The lowest BCUT2D eigenvalue weighted by Gasteiger charge is -2.06. The Kier molecular flexibility index (Phi) is 4.85. The zero-order chi connectivity index (χ0) is 12.0. The van der Waals surface area contributed by atoms with Crippen molar-refractivity contribution in [1.82, 2.24) is 15.3 Å². The molecule has 1 N–H and O–H groups in total. The third kappa shape index (κ3) is 3.58. The predicted molar refractivity (Wildman–Crippen MR) is 60.3 cm³/mol. The lowest BCUT2D eigenvalue weighted by molar-refractivity contribution is 0.0947. The number of nitrogens with zero attached hydrogens (tertiary/aromatic N) is 2. The molecule has 16 heavy (non-hydrogen) atoms. The second-order valence-corrected chi connectivity index (χ2v) is 3.52. The minimum atomic E-state index is -0.131. The largest absolute Gasteiger partial charge is 0.385 e. The Morgan fingerprint density at radius 3 is 2.88 bits per heavy atom. The molecule has 0 aliphatic carbocycles. The van der Waals surface area contributed by atoms with Gasteiger partial charge in [0.25, 0.3) is 5.91 Å². The number of carbonyl (C=O) groups is 1. The van der Waals surface area contributed by atoms with Gasteiger partial charge in [-0.1, -0.05) is 0 Å². The smallest absolute Gasteiger partial charge is 0.254 e. The van der Waals surface area contributed by atoms with Gasteiger partial charge in [0.15, 0.2) is 0 Å². The molecule has 0 aromatic carbocycles. The highest BCUT2D eigenvalue weighted by Gasteiger charge is 2.09. The van der Waals surface area contributed by atoms with E-state index in [-0.39, 0.29) is 5.91 Å². The van der Waals surface area contributed by atoms with Crippen LogP contribution in [0.4, 0.5) is 0 Å². The van der Waals surface area contributed by atoms with Crippen LogP contribution in [-0.2, 0) is 4.74 Å². The molecule has 0 fully saturated rings. The van der Waals surface area contributed by atoms with E-state index in [1.54, 1.807) is 27.2 Å². The normalized spacial score (nSPS) is 10.2. The van der Waals surface area contributed by atoms with Crippen molar-refractivity contribution in [3.63, 3.8) is 0 Å². The fourth-order valence-electron chi connectivity index (χ4n) is 1.32. The average Bonchev–Trinajstić information content (AvgIpc) is 2.24. The first-order chi connectivity index (χ1) is 7.65. The summed E-state index contributed by atoms with van der Waals surface area (Å²) >= 11 is 0. The zero-order valence-corrected chi connectivity index (χ0v) is 9.91. The number of ether oxygens (including phenoxy) is 1. The second-order valence-electron chi connectivity index (χ2n) is 3.52. The molecular weight excluding hydrogens is 206 g/mol. The number of rotatable bonds is 5. The van der Waals surface area contributed by atoms with Gasteiger partial charge >= 0.3 is 0 Å². The summed E-state index contributed by atoms with van der Waals surface area (Å²) in [6, 6.07) is 0. The number of aromatic nitrogens is 2. The van der Waals surface area contributed by atoms with E-state index in [2.05, 4.69) is 15.3 Å². The quantitative estimate of drug-likeness (QED) is 0.752. The summed E-state index contributed by atoms with van der Waals surface area (Å²) in [4.78, 5) is 19.9. The van der Waals surface area contributed by atoms with Crippen molar-refractivity contribution in [3.05, 3.63) is 23.3 Å². The Morgan fingerprint density at radius 2 is 2.25 bits per heavy atom. The van der Waals surface area contributed by atoms with Crippen LogP contribution in [0.15, 0.2) is 6.20 Å². The molecule has 0 saturated carbocycles. The van der Waals surface area contributed by atoms with Crippen molar-refractivity contribution in [2.24, 2.45) is 0 Å². The fraction of sp³-hybridized carbons (Fsp3) is 0.545. The molecular formula is C11H17N3O2. The highest BCUT2D eigenvalue weighted by molar-refractivity contribution is 5.94. The van der Waals surface area contributed by atoms with Gasteiger partial charge < -0.3 is 10.1 Å². The first-order valence-electron chi connectivity index (χ1n) is 5.22. The van der Waals surface area contributed by atoms with E-state index < -0.39 is 0 Å². The van der Waals surface area contributed by atoms with E-state index in [1.807, 2.05) is 0 Å². The summed E-state index contributed by atoms with van der Waals surface area (Å²) < 4.78 is 4.89. The van der Waals surface area contributed by atoms with Crippen molar-refractivity contribution in [2.75, 3.05) is 20.3 Å². The molecule has 1 aromatic heterocycles. The Hall–Kier alpha value is -1.49. The highest BCUT2D eigenvalue weighted by atomic mass is 16.5. The Bertz CT molecular complexity index is 366. The van der Waals surface area contributed by atoms with Crippen LogP contribution < -0.4 is 5.32 Å². The van der Waals surface area contributed by atoms with Gasteiger partial charge in [0.1, 0.15) is 5.82 Å². The Morgan fingerprint density at radius 1 is 1.50 bits per heavy atom. The number of amides is 1. The lowest BCUT2D eigenvalue weighted by atomic mass is 10.2. The molecule has 0 aliphatic rings. The van der Waals surface area contributed by atoms with Gasteiger partial charge in [0, 0.05) is 26.5 Å². The minimum absolute atomic E-state index is 0.131. The third-order valence-electron chi connectivity index (χ3n) is 2.16. The van der Waals surface area contributed by atoms with Crippen LogP contribution in [0, 0.1) is 13.8 Å². The van der Waals surface area contributed by atoms with Crippen LogP contribution in [0.3, 0.4) is 0 Å². The van der Waals surface area contributed by atoms with Crippen LogP contribution >= 0.6 is 0 Å². The molecule has 0 aliphatic heterocycles. The van der Waals surface area contributed by atoms with Gasteiger partial charge in [-0.15, -0.1) is 0 Å². The van der Waals surface area contributed by atoms with Crippen molar-refractivity contribution in [3.8, 4) is 0 Å². The number of carbonyl (C=O) groups excluding carboxylic acids is 1. The molecule has 88 valence electrons. The van der Waals surface area contributed by atoms with E-state index in [0.29, 0.717) is 30.2 Å². The second kappa shape index (κ2) is 6.17. The first kappa shape index (κ1) is 12.6. The van der Waals surface area contributed by atoms with Gasteiger partial charge in [-0.3, -0.25) is 4.79 Å². The Labute approximate surface area is 95.3 Å². The van der Waals surface area contributed by atoms with Crippen molar-refractivity contribution >= 4 is 5.91 Å². The van der Waals surface area contributed by atoms with Crippen LogP contribution in [0.1, 0.15) is 28.3 Å². The number of hydrogen-bond acceptors (Lipinski definition) is 4. The molecule has 5 nitrogen and oxygen atoms in total. The van der Waals surface area contributed by atoms with Crippen LogP contribution in [0.25, 0.3) is 0 Å². The summed E-state index contributed by atoms with van der Waals surface area (Å²) in [7, 11) is 1.64. The first-order valence-corrected chi connectivity index (χ1v) is 5.22. The summed E-state index contributed by atoms with van der Waals surface area (Å²) in [5, 5.41) is 2.80. The van der Waals surface area contributed by atoms with E-state index in [4.69, 9.17) is 4.74 Å². The maximum atomic E-state index is 11.7. The highest BCUT2D eigenvalue weighted by Crippen LogP contribution is 2.03. The lowest BCUT2D eigenvalue weighted by Crippen LogP contribution is -2.26. The molecule has 0 saturated heterocycles. The topological polar surface area (TPSA) is 64.1 Å². The molecule has 1 amide bonds. The standard InChI is InChI=1S/C11H17N3O2/c1-8-10(7-13-9(2)14-8)11(15)12-5-4-6-16-3/h7H,4-6H2,1-3H3,(H,12,15). The Balaban J connectivity index is 2.53. The monoisotopic (exact) mass is 223 g/mol. The molecule has 5 heteroatoms. The summed E-state index contributed by atoms with van der Waals surface area (Å²) in [6.07, 6.45) is 2.36. The molecule has 1 heterocycles. The molecule has 0 radical (unpaired) electrons. The van der Waals surface area contributed by atoms with Gasteiger partial charge in [-0.2, -0.15) is 0 Å². The summed E-state index contributed by atoms with van der Waals surface area (Å²) in [5.74, 6) is 0.544. The van der Waals surface area contributed by atoms with Crippen molar-refractivity contribution < 1.29 is 9.53 Å². The maximum Gasteiger partial charge on any atom is 0.254 e. The van der Waals surface area contributed by atoms with Gasteiger partial charge in [-0.25, -0.2) is 9.97 Å². The maximum absolute atomic E-state index is 11.7. The van der Waals surface area contributed by atoms with E-state index >= 15 is 0 Å². The van der Waals surface area contributed by atoms with E-state index in [1.165, 1.54) is 0 Å². The average molecular weight is 223 g/mol. The number of aryl methyl sites for hydroxylation is 2. The summed E-state index contributed by atoms with van der Waals surface area (Å²) in [6.45, 7) is 4.84. The SMILES string of the molecule is COCCCNC(=O)c1cnc(C)nc1C. The van der Waals surface area contributed by atoms with E-state index in [0.717, 1.165) is 6.42 Å². The number of hydrogen-bond donors (Lipinski definition) is 1. The van der Waals surface area contributed by atoms with Crippen molar-refractivity contribution in [1.29, 1.82) is 0 Å². The molecule has 1 rings (SSSR count). The van der Waals surface area contributed by atoms with E-state index in [9.17, 15) is 4.79 Å². The number of nitrogens with one attached hydrogen (secondary N) is 1.